The van der Waals surface area contributed by atoms with Crippen molar-refractivity contribution in [1.82, 2.24) is 0 Å². The highest BCUT2D eigenvalue weighted by molar-refractivity contribution is 9.10. The first kappa shape index (κ1) is 17.9. The van der Waals surface area contributed by atoms with E-state index in [1.165, 1.54) is 5.56 Å². The normalized spacial score (nSPS) is 12.2. The molecule has 1 amide bonds. The number of carbonyl (C=O) groups excluding carboxylic acids is 1. The van der Waals surface area contributed by atoms with Gasteiger partial charge in [0.05, 0.1) is 5.69 Å². The van der Waals surface area contributed by atoms with E-state index in [0.717, 1.165) is 10.0 Å². The summed E-state index contributed by atoms with van der Waals surface area (Å²) in [6.07, 6.45) is 0. The number of carbonyl (C=O) groups is 1. The number of amides is 1. The van der Waals surface area contributed by atoms with Crippen LogP contribution < -0.4 is 5.32 Å². The second-order valence-electron chi connectivity index (χ2n) is 5.65. The summed E-state index contributed by atoms with van der Waals surface area (Å²) in [6.45, 7) is 4.28. The van der Waals surface area contributed by atoms with Crippen LogP contribution in [0.5, 0.6) is 0 Å². The van der Waals surface area contributed by atoms with Gasteiger partial charge in [-0.05, 0) is 45.1 Å². The Morgan fingerprint density at radius 1 is 1.13 bits per heavy atom. The molecule has 0 bridgehead atoms. The predicted molar refractivity (Wildman–Crippen MR) is 100 cm³/mol. The molecule has 2 aromatic rings. The van der Waals surface area contributed by atoms with Gasteiger partial charge < -0.3 is 5.32 Å². The molecule has 2 rings (SSSR count). The van der Waals surface area contributed by atoms with Gasteiger partial charge in [0, 0.05) is 21.0 Å². The second kappa shape index (κ2) is 8.41. The monoisotopic (exact) mass is 393 g/mol. The van der Waals surface area contributed by atoms with Crippen LogP contribution in [0.4, 0.5) is 5.69 Å². The molecule has 0 radical (unpaired) electrons. The first-order valence-corrected chi connectivity index (χ1v) is 9.72. The van der Waals surface area contributed by atoms with Crippen LogP contribution in [0.2, 0.25) is 0 Å². The van der Waals surface area contributed by atoms with Crippen molar-refractivity contribution in [2.45, 2.75) is 25.5 Å². The van der Waals surface area contributed by atoms with E-state index in [2.05, 4.69) is 47.2 Å². The van der Waals surface area contributed by atoms with Crippen molar-refractivity contribution in [3.8, 4) is 0 Å². The fourth-order valence-electron chi connectivity index (χ4n) is 2.13. The highest BCUT2D eigenvalue weighted by atomic mass is 79.9. The molecule has 0 heterocycles. The number of anilines is 1. The Hall–Kier alpha value is -1.46. The van der Waals surface area contributed by atoms with Gasteiger partial charge in [-0.15, -0.1) is 0 Å². The summed E-state index contributed by atoms with van der Waals surface area (Å²) < 4.78 is 13.0. The molecule has 1 unspecified atom stereocenters. The maximum atomic E-state index is 12.2. The van der Waals surface area contributed by atoms with E-state index >= 15 is 0 Å². The topological polar surface area (TPSA) is 46.2 Å². The minimum atomic E-state index is -1.23. The van der Waals surface area contributed by atoms with Crippen molar-refractivity contribution < 1.29 is 9.00 Å². The number of rotatable bonds is 6. The van der Waals surface area contributed by atoms with Crippen LogP contribution in [0.3, 0.4) is 0 Å². The zero-order valence-corrected chi connectivity index (χ0v) is 15.6. The van der Waals surface area contributed by atoms with E-state index in [-0.39, 0.29) is 11.7 Å². The van der Waals surface area contributed by atoms with Gasteiger partial charge in [0.15, 0.2) is 0 Å². The molecule has 122 valence electrons. The molecule has 1 atom stereocenters. The van der Waals surface area contributed by atoms with Gasteiger partial charge in [-0.3, -0.25) is 9.00 Å². The summed E-state index contributed by atoms with van der Waals surface area (Å²) in [5, 5.41) is 2.77. The average Bonchev–Trinajstić information content (AvgIpc) is 2.50. The van der Waals surface area contributed by atoms with Gasteiger partial charge >= 0.3 is 0 Å². The van der Waals surface area contributed by atoms with Gasteiger partial charge in [-0.1, -0.05) is 50.2 Å². The van der Waals surface area contributed by atoms with E-state index in [1.54, 1.807) is 6.07 Å². The smallest absolute Gasteiger partial charge is 0.237 e. The molecular weight excluding hydrogens is 374 g/mol. The molecule has 23 heavy (non-hydrogen) atoms. The molecule has 0 aliphatic carbocycles. The van der Waals surface area contributed by atoms with Crippen LogP contribution in [0.25, 0.3) is 0 Å². The van der Waals surface area contributed by atoms with E-state index in [1.807, 2.05) is 30.3 Å². The van der Waals surface area contributed by atoms with Crippen LogP contribution in [0.15, 0.2) is 53.0 Å². The number of benzene rings is 2. The first-order chi connectivity index (χ1) is 11.0. The van der Waals surface area contributed by atoms with Crippen molar-refractivity contribution in [2.75, 3.05) is 11.1 Å². The van der Waals surface area contributed by atoms with Crippen molar-refractivity contribution in [3.05, 3.63) is 64.1 Å². The Balaban J connectivity index is 1.89. The molecule has 0 spiro atoms. The SMILES string of the molecule is CC(C)c1ccc(CS(=O)CC(=O)Nc2ccccc2Br)cc1. The third-order valence-corrected chi connectivity index (χ3v) is 5.35. The molecule has 3 nitrogen and oxygen atoms in total. The molecular formula is C18H20BrNO2S. The van der Waals surface area contributed by atoms with Gasteiger partial charge in [0.2, 0.25) is 5.91 Å². The largest absolute Gasteiger partial charge is 0.324 e. The van der Waals surface area contributed by atoms with Crippen LogP contribution >= 0.6 is 15.9 Å². The summed E-state index contributed by atoms with van der Waals surface area (Å²) >= 11 is 3.37. The lowest BCUT2D eigenvalue weighted by atomic mass is 10.0. The first-order valence-electron chi connectivity index (χ1n) is 7.44. The average molecular weight is 394 g/mol. The highest BCUT2D eigenvalue weighted by Crippen LogP contribution is 2.21. The van der Waals surface area contributed by atoms with Gasteiger partial charge in [0.25, 0.3) is 0 Å². The predicted octanol–water partition coefficient (Wildman–Crippen LogP) is 4.46. The number of hydrogen-bond acceptors (Lipinski definition) is 2. The second-order valence-corrected chi connectivity index (χ2v) is 7.96. The van der Waals surface area contributed by atoms with Crippen molar-refractivity contribution >= 4 is 38.3 Å². The summed E-state index contributed by atoms with van der Waals surface area (Å²) in [6, 6.07) is 15.4. The maximum absolute atomic E-state index is 12.2. The summed E-state index contributed by atoms with van der Waals surface area (Å²) in [5.74, 6) is 0.619. The fraction of sp³-hybridized carbons (Fsp3) is 0.278. The number of para-hydroxylation sites is 1. The number of nitrogens with one attached hydrogen (secondary N) is 1. The van der Waals surface area contributed by atoms with E-state index in [0.29, 0.717) is 17.4 Å². The lowest BCUT2D eigenvalue weighted by Crippen LogP contribution is -2.20. The number of halogens is 1. The van der Waals surface area contributed by atoms with Crippen LogP contribution in [0, 0.1) is 0 Å². The van der Waals surface area contributed by atoms with Gasteiger partial charge in [0.1, 0.15) is 5.75 Å². The molecule has 0 fully saturated rings. The highest BCUT2D eigenvalue weighted by Gasteiger charge is 2.10. The van der Waals surface area contributed by atoms with E-state index in [4.69, 9.17) is 0 Å². The van der Waals surface area contributed by atoms with Crippen LogP contribution in [-0.4, -0.2) is 15.9 Å². The Morgan fingerprint density at radius 3 is 2.39 bits per heavy atom. The summed E-state index contributed by atoms with van der Waals surface area (Å²) in [5.41, 5.74) is 2.93. The van der Waals surface area contributed by atoms with Crippen molar-refractivity contribution in [3.63, 3.8) is 0 Å². The third kappa shape index (κ3) is 5.59. The lowest BCUT2D eigenvalue weighted by Gasteiger charge is -2.08. The summed E-state index contributed by atoms with van der Waals surface area (Å²) in [7, 11) is -1.23. The third-order valence-electron chi connectivity index (χ3n) is 3.41. The molecule has 0 saturated carbocycles. The zero-order valence-electron chi connectivity index (χ0n) is 13.2. The standard InChI is InChI=1S/C18H20BrNO2S/c1-13(2)15-9-7-14(8-10-15)11-23(22)12-18(21)20-17-6-4-3-5-16(17)19/h3-10,13H,11-12H2,1-2H3,(H,20,21). The van der Waals surface area contributed by atoms with Crippen molar-refractivity contribution in [1.29, 1.82) is 0 Å². The van der Waals surface area contributed by atoms with E-state index in [9.17, 15) is 9.00 Å². The molecule has 0 aliphatic heterocycles. The van der Waals surface area contributed by atoms with Gasteiger partial charge in [-0.2, -0.15) is 0 Å². The molecule has 0 aliphatic rings. The molecule has 0 aromatic heterocycles. The zero-order chi connectivity index (χ0) is 16.8. The minimum absolute atomic E-state index is 0.00668. The Morgan fingerprint density at radius 2 is 1.78 bits per heavy atom. The quantitative estimate of drug-likeness (QED) is 0.787. The van der Waals surface area contributed by atoms with Gasteiger partial charge in [-0.25, -0.2) is 0 Å². The van der Waals surface area contributed by atoms with E-state index < -0.39 is 10.8 Å². The summed E-state index contributed by atoms with van der Waals surface area (Å²) in [4.78, 5) is 12.0. The van der Waals surface area contributed by atoms with Crippen molar-refractivity contribution in [2.24, 2.45) is 0 Å². The lowest BCUT2D eigenvalue weighted by molar-refractivity contribution is -0.113. The number of hydrogen-bond donors (Lipinski definition) is 1. The molecule has 1 N–H and O–H groups in total. The molecule has 0 saturated heterocycles. The Bertz CT molecular complexity index is 698. The Labute approximate surface area is 148 Å². The van der Waals surface area contributed by atoms with Crippen LogP contribution in [-0.2, 0) is 21.3 Å². The van der Waals surface area contributed by atoms with Crippen LogP contribution in [0.1, 0.15) is 30.9 Å². The molecule has 2 aromatic carbocycles. The minimum Gasteiger partial charge on any atom is -0.324 e. The molecule has 5 heteroatoms. The fourth-order valence-corrected chi connectivity index (χ4v) is 3.55. The Kier molecular flexibility index (Phi) is 6.54. The maximum Gasteiger partial charge on any atom is 0.237 e.